The second-order valence-electron chi connectivity index (χ2n) is 5.52. The summed E-state index contributed by atoms with van der Waals surface area (Å²) < 4.78 is 5.48. The maximum Gasteiger partial charge on any atom is 0.311 e. The van der Waals surface area contributed by atoms with Crippen LogP contribution in [0.25, 0.3) is 0 Å². The number of carboxylic acid groups (broad SMARTS) is 1. The Balaban J connectivity index is 2.27. The molecule has 1 unspecified atom stereocenters. The lowest BCUT2D eigenvalue weighted by Gasteiger charge is -2.15. The van der Waals surface area contributed by atoms with Crippen LogP contribution in [0.15, 0.2) is 42.5 Å². The molecule has 0 aliphatic rings. The van der Waals surface area contributed by atoms with Crippen LogP contribution in [-0.2, 0) is 11.2 Å². The van der Waals surface area contributed by atoms with Crippen LogP contribution < -0.4 is 4.74 Å². The maximum atomic E-state index is 11.7. The van der Waals surface area contributed by atoms with Crippen LogP contribution in [0.5, 0.6) is 5.75 Å². The number of carbonyl (C=O) groups is 1. The van der Waals surface area contributed by atoms with Crippen LogP contribution in [0.2, 0.25) is 0 Å². The molecule has 2 aromatic rings. The van der Waals surface area contributed by atoms with Crippen LogP contribution in [0.3, 0.4) is 0 Å². The molecule has 0 radical (unpaired) electrons. The molecule has 0 aliphatic heterocycles. The van der Waals surface area contributed by atoms with Gasteiger partial charge in [-0.3, -0.25) is 4.79 Å². The van der Waals surface area contributed by atoms with E-state index in [1.165, 1.54) is 5.56 Å². The van der Waals surface area contributed by atoms with E-state index < -0.39 is 11.9 Å². The van der Waals surface area contributed by atoms with Gasteiger partial charge in [0.2, 0.25) is 0 Å². The molecule has 0 heterocycles. The van der Waals surface area contributed by atoms with Gasteiger partial charge in [0.15, 0.2) is 0 Å². The fraction of sp³-hybridized carbons (Fsp3) is 0.316. The van der Waals surface area contributed by atoms with Gasteiger partial charge >= 0.3 is 5.97 Å². The smallest absolute Gasteiger partial charge is 0.311 e. The van der Waals surface area contributed by atoms with Gasteiger partial charge in [-0.15, -0.1) is 0 Å². The van der Waals surface area contributed by atoms with Crippen LogP contribution >= 0.6 is 0 Å². The Morgan fingerprint density at radius 3 is 2.55 bits per heavy atom. The van der Waals surface area contributed by atoms with Crippen molar-refractivity contribution in [1.82, 2.24) is 0 Å². The highest BCUT2D eigenvalue weighted by atomic mass is 16.5. The van der Waals surface area contributed by atoms with E-state index in [9.17, 15) is 9.90 Å². The van der Waals surface area contributed by atoms with Crippen molar-refractivity contribution in [2.24, 2.45) is 0 Å². The first kappa shape index (κ1) is 16.1. The number of aryl methyl sites for hydroxylation is 2. The van der Waals surface area contributed by atoms with E-state index in [0.717, 1.165) is 22.4 Å². The first-order valence-corrected chi connectivity index (χ1v) is 7.53. The zero-order chi connectivity index (χ0) is 16.1. The van der Waals surface area contributed by atoms with E-state index in [1.807, 2.05) is 63.2 Å². The molecule has 0 bridgehead atoms. The van der Waals surface area contributed by atoms with E-state index in [1.54, 1.807) is 0 Å². The Morgan fingerprint density at radius 2 is 1.91 bits per heavy atom. The Kier molecular flexibility index (Phi) is 5.21. The van der Waals surface area contributed by atoms with Crippen LogP contribution in [-0.4, -0.2) is 17.7 Å². The van der Waals surface area contributed by atoms with Gasteiger partial charge in [0.1, 0.15) is 5.75 Å². The molecule has 3 heteroatoms. The Labute approximate surface area is 131 Å². The molecule has 0 spiro atoms. The molecule has 0 amide bonds. The molecule has 0 saturated heterocycles. The van der Waals surface area contributed by atoms with Crippen molar-refractivity contribution >= 4 is 5.97 Å². The van der Waals surface area contributed by atoms with Gasteiger partial charge in [-0.05, 0) is 61.6 Å². The molecule has 1 N–H and O–H groups in total. The fourth-order valence-corrected chi connectivity index (χ4v) is 2.49. The highest BCUT2D eigenvalue weighted by Crippen LogP contribution is 2.25. The third-order valence-electron chi connectivity index (χ3n) is 3.88. The molecule has 2 aromatic carbocycles. The molecular weight excluding hydrogens is 276 g/mol. The van der Waals surface area contributed by atoms with Crippen molar-refractivity contribution in [3.05, 3.63) is 64.7 Å². The third-order valence-corrected chi connectivity index (χ3v) is 3.88. The lowest BCUT2D eigenvalue weighted by Crippen LogP contribution is -2.15. The number of aliphatic carboxylic acids is 1. The van der Waals surface area contributed by atoms with E-state index >= 15 is 0 Å². The molecule has 0 aliphatic carbocycles. The van der Waals surface area contributed by atoms with Crippen molar-refractivity contribution in [1.29, 1.82) is 0 Å². The van der Waals surface area contributed by atoms with Gasteiger partial charge in [0.05, 0.1) is 12.5 Å². The lowest BCUT2D eigenvalue weighted by atomic mass is 9.90. The molecule has 0 fully saturated rings. The monoisotopic (exact) mass is 298 g/mol. The van der Waals surface area contributed by atoms with Gasteiger partial charge < -0.3 is 9.84 Å². The van der Waals surface area contributed by atoms with Crippen LogP contribution in [0, 0.1) is 13.8 Å². The summed E-state index contributed by atoms with van der Waals surface area (Å²) in [5.74, 6) is -0.564. The summed E-state index contributed by atoms with van der Waals surface area (Å²) in [5.41, 5.74) is 4.10. The number of carboxylic acids is 1. The van der Waals surface area contributed by atoms with Crippen molar-refractivity contribution in [2.75, 3.05) is 6.61 Å². The number of benzene rings is 2. The minimum absolute atomic E-state index is 0.457. The van der Waals surface area contributed by atoms with Gasteiger partial charge in [-0.2, -0.15) is 0 Å². The van der Waals surface area contributed by atoms with E-state index in [-0.39, 0.29) is 0 Å². The largest absolute Gasteiger partial charge is 0.494 e. The number of ether oxygens (including phenoxy) is 1. The quantitative estimate of drug-likeness (QED) is 0.873. The third kappa shape index (κ3) is 3.88. The molecule has 2 rings (SSSR count). The topological polar surface area (TPSA) is 46.5 Å². The molecule has 0 saturated carbocycles. The normalized spacial score (nSPS) is 12.0. The average molecular weight is 298 g/mol. The SMILES string of the molecule is CCOc1cccc(CC(C(=O)O)c2ccc(C)c(C)c2)c1. The van der Waals surface area contributed by atoms with Gasteiger partial charge in [0.25, 0.3) is 0 Å². The summed E-state index contributed by atoms with van der Waals surface area (Å²) in [6, 6.07) is 13.5. The predicted molar refractivity (Wildman–Crippen MR) is 87.6 cm³/mol. The second-order valence-corrected chi connectivity index (χ2v) is 5.52. The fourth-order valence-electron chi connectivity index (χ4n) is 2.49. The van der Waals surface area contributed by atoms with Gasteiger partial charge in [0, 0.05) is 0 Å². The van der Waals surface area contributed by atoms with Crippen molar-refractivity contribution in [3.8, 4) is 5.75 Å². The summed E-state index contributed by atoms with van der Waals surface area (Å²) in [5, 5.41) is 9.59. The summed E-state index contributed by atoms with van der Waals surface area (Å²) in [4.78, 5) is 11.7. The highest BCUT2D eigenvalue weighted by molar-refractivity contribution is 5.76. The number of hydrogen-bond acceptors (Lipinski definition) is 2. The zero-order valence-electron chi connectivity index (χ0n) is 13.3. The van der Waals surface area contributed by atoms with Crippen LogP contribution in [0.1, 0.15) is 35.1 Å². The van der Waals surface area contributed by atoms with E-state index in [4.69, 9.17) is 4.74 Å². The number of hydrogen-bond donors (Lipinski definition) is 1. The Morgan fingerprint density at radius 1 is 1.14 bits per heavy atom. The number of rotatable bonds is 6. The first-order chi connectivity index (χ1) is 10.5. The van der Waals surface area contributed by atoms with Gasteiger partial charge in [-0.1, -0.05) is 30.3 Å². The van der Waals surface area contributed by atoms with E-state index in [0.29, 0.717) is 13.0 Å². The Hall–Kier alpha value is -2.29. The molecule has 0 aromatic heterocycles. The average Bonchev–Trinajstić information content (AvgIpc) is 2.48. The summed E-state index contributed by atoms with van der Waals surface area (Å²) >= 11 is 0. The molecular formula is C19H22O3. The van der Waals surface area contributed by atoms with Crippen molar-refractivity contribution in [2.45, 2.75) is 33.1 Å². The van der Waals surface area contributed by atoms with Crippen LogP contribution in [0.4, 0.5) is 0 Å². The lowest BCUT2D eigenvalue weighted by molar-refractivity contribution is -0.138. The molecule has 22 heavy (non-hydrogen) atoms. The minimum Gasteiger partial charge on any atom is -0.494 e. The standard InChI is InChI=1S/C19H22O3/c1-4-22-17-7-5-6-15(11-17)12-18(19(20)21)16-9-8-13(2)14(3)10-16/h5-11,18H,4,12H2,1-3H3,(H,20,21). The van der Waals surface area contributed by atoms with Gasteiger partial charge in [-0.25, -0.2) is 0 Å². The maximum absolute atomic E-state index is 11.7. The molecule has 1 atom stereocenters. The summed E-state index contributed by atoms with van der Waals surface area (Å²) in [6.07, 6.45) is 0.457. The van der Waals surface area contributed by atoms with Crippen molar-refractivity contribution < 1.29 is 14.6 Å². The predicted octanol–water partition coefficient (Wildman–Crippen LogP) is 4.11. The highest BCUT2D eigenvalue weighted by Gasteiger charge is 2.21. The van der Waals surface area contributed by atoms with E-state index in [2.05, 4.69) is 0 Å². The van der Waals surface area contributed by atoms with Crippen molar-refractivity contribution in [3.63, 3.8) is 0 Å². The molecule has 116 valence electrons. The Bertz CT molecular complexity index is 661. The second kappa shape index (κ2) is 7.12. The first-order valence-electron chi connectivity index (χ1n) is 7.53. The zero-order valence-corrected chi connectivity index (χ0v) is 13.3. The summed E-state index contributed by atoms with van der Waals surface area (Å²) in [6.45, 7) is 6.57. The summed E-state index contributed by atoms with van der Waals surface area (Å²) in [7, 11) is 0. The minimum atomic E-state index is -0.801. The molecule has 3 nitrogen and oxygen atoms in total.